The van der Waals surface area contributed by atoms with Gasteiger partial charge < -0.3 is 9.73 Å². The summed E-state index contributed by atoms with van der Waals surface area (Å²) in [6.45, 7) is 6.95. The van der Waals surface area contributed by atoms with Crippen LogP contribution in [0.5, 0.6) is 0 Å². The van der Waals surface area contributed by atoms with Gasteiger partial charge in [0.25, 0.3) is 0 Å². The average Bonchev–Trinajstić information content (AvgIpc) is 2.79. The lowest BCUT2D eigenvalue weighted by Gasteiger charge is -2.15. The third-order valence-electron chi connectivity index (χ3n) is 3.43. The first kappa shape index (κ1) is 15.3. The van der Waals surface area contributed by atoms with Crippen LogP contribution < -0.4 is 5.32 Å². The van der Waals surface area contributed by atoms with E-state index >= 15 is 0 Å². The fourth-order valence-corrected chi connectivity index (χ4v) is 2.16. The van der Waals surface area contributed by atoms with Crippen LogP contribution in [0.1, 0.15) is 22.6 Å². The molecule has 0 aliphatic rings. The molecule has 0 fully saturated rings. The van der Waals surface area contributed by atoms with Gasteiger partial charge in [-0.2, -0.15) is 0 Å². The van der Waals surface area contributed by atoms with Crippen LogP contribution in [-0.4, -0.2) is 24.4 Å². The number of benzene rings is 1. The van der Waals surface area contributed by atoms with Crippen molar-refractivity contribution in [2.75, 3.05) is 18.9 Å². The molecule has 0 aliphatic carbocycles. The summed E-state index contributed by atoms with van der Waals surface area (Å²) in [5.41, 5.74) is 3.23. The van der Waals surface area contributed by atoms with Crippen molar-refractivity contribution in [3.63, 3.8) is 0 Å². The molecule has 0 unspecified atom stereocenters. The maximum absolute atomic E-state index is 12.0. The molecule has 0 saturated carbocycles. The number of aryl methyl sites for hydroxylation is 3. The van der Waals surface area contributed by atoms with E-state index in [1.54, 1.807) is 0 Å². The zero-order valence-electron chi connectivity index (χ0n) is 13.1. The first-order chi connectivity index (χ1) is 9.94. The van der Waals surface area contributed by atoms with Gasteiger partial charge >= 0.3 is 0 Å². The van der Waals surface area contributed by atoms with E-state index in [9.17, 15) is 4.79 Å². The van der Waals surface area contributed by atoms with E-state index in [2.05, 4.69) is 12.2 Å². The second-order valence-corrected chi connectivity index (χ2v) is 5.53. The van der Waals surface area contributed by atoms with E-state index in [0.717, 1.165) is 17.2 Å². The van der Waals surface area contributed by atoms with Crippen molar-refractivity contribution in [2.24, 2.45) is 0 Å². The Bertz CT molecular complexity index is 631. The van der Waals surface area contributed by atoms with Crippen LogP contribution in [0, 0.1) is 20.8 Å². The molecule has 0 radical (unpaired) electrons. The average molecular weight is 286 g/mol. The Kier molecular flexibility index (Phi) is 4.81. The highest BCUT2D eigenvalue weighted by Crippen LogP contribution is 2.14. The third-order valence-corrected chi connectivity index (χ3v) is 3.43. The minimum Gasteiger partial charge on any atom is -0.465 e. The van der Waals surface area contributed by atoms with Crippen molar-refractivity contribution in [3.05, 3.63) is 53.0 Å². The highest BCUT2D eigenvalue weighted by molar-refractivity contribution is 5.92. The van der Waals surface area contributed by atoms with Crippen LogP contribution >= 0.6 is 0 Å². The Labute approximate surface area is 125 Å². The SMILES string of the molecule is Cc1ccc(CN(C)CC(=O)Nc2ccc(C)c(C)c2)o1. The molecule has 1 N–H and O–H groups in total. The monoisotopic (exact) mass is 286 g/mol. The fraction of sp³-hybridized carbons (Fsp3) is 0.353. The van der Waals surface area contributed by atoms with Crippen molar-refractivity contribution in [1.82, 2.24) is 4.90 Å². The summed E-state index contributed by atoms with van der Waals surface area (Å²) in [5, 5.41) is 2.92. The molecule has 1 aromatic heterocycles. The largest absolute Gasteiger partial charge is 0.465 e. The van der Waals surface area contributed by atoms with Gasteiger partial charge in [-0.1, -0.05) is 6.07 Å². The van der Waals surface area contributed by atoms with Gasteiger partial charge in [0.2, 0.25) is 5.91 Å². The number of carbonyl (C=O) groups is 1. The standard InChI is InChI=1S/C17H22N2O2/c1-12-5-7-15(9-13(12)2)18-17(20)11-19(4)10-16-8-6-14(3)21-16/h5-9H,10-11H2,1-4H3,(H,18,20). The van der Waals surface area contributed by atoms with Crippen molar-refractivity contribution in [1.29, 1.82) is 0 Å². The minimum absolute atomic E-state index is 0.0240. The quantitative estimate of drug-likeness (QED) is 0.917. The molecule has 2 rings (SSSR count). The van der Waals surface area contributed by atoms with Gasteiger partial charge in [0.05, 0.1) is 13.1 Å². The van der Waals surface area contributed by atoms with Crippen molar-refractivity contribution in [2.45, 2.75) is 27.3 Å². The third kappa shape index (κ3) is 4.46. The van der Waals surface area contributed by atoms with Crippen molar-refractivity contribution in [3.8, 4) is 0 Å². The first-order valence-electron chi connectivity index (χ1n) is 7.05. The Hall–Kier alpha value is -2.07. The van der Waals surface area contributed by atoms with Crippen molar-refractivity contribution >= 4 is 11.6 Å². The van der Waals surface area contributed by atoms with Crippen LogP contribution in [0.4, 0.5) is 5.69 Å². The Balaban J connectivity index is 1.87. The number of hydrogen-bond acceptors (Lipinski definition) is 3. The molecule has 0 bridgehead atoms. The van der Waals surface area contributed by atoms with Gasteiger partial charge in [0, 0.05) is 5.69 Å². The van der Waals surface area contributed by atoms with Gasteiger partial charge in [0.15, 0.2) is 0 Å². The second-order valence-electron chi connectivity index (χ2n) is 5.53. The van der Waals surface area contributed by atoms with Gasteiger partial charge in [-0.05, 0) is 63.2 Å². The minimum atomic E-state index is -0.0240. The van der Waals surface area contributed by atoms with Crippen LogP contribution in [0.15, 0.2) is 34.7 Å². The predicted octanol–water partition coefficient (Wildman–Crippen LogP) is 3.28. The molecule has 4 nitrogen and oxygen atoms in total. The number of nitrogens with one attached hydrogen (secondary N) is 1. The summed E-state index contributed by atoms with van der Waals surface area (Å²) in [6, 6.07) is 9.80. The summed E-state index contributed by atoms with van der Waals surface area (Å²) in [5.74, 6) is 1.73. The molecule has 21 heavy (non-hydrogen) atoms. The van der Waals surface area contributed by atoms with E-state index < -0.39 is 0 Å². The molecule has 0 spiro atoms. The molecule has 4 heteroatoms. The van der Waals surface area contributed by atoms with E-state index in [1.165, 1.54) is 11.1 Å². The Morgan fingerprint density at radius 1 is 1.14 bits per heavy atom. The number of rotatable bonds is 5. The molecule has 1 heterocycles. The van der Waals surface area contributed by atoms with Gasteiger partial charge in [-0.3, -0.25) is 9.69 Å². The Morgan fingerprint density at radius 3 is 2.52 bits per heavy atom. The summed E-state index contributed by atoms with van der Waals surface area (Å²) < 4.78 is 5.51. The van der Waals surface area contributed by atoms with Gasteiger partial charge in [0.1, 0.15) is 11.5 Å². The van der Waals surface area contributed by atoms with Crippen LogP contribution in [0.2, 0.25) is 0 Å². The number of amides is 1. The molecular weight excluding hydrogens is 264 g/mol. The van der Waals surface area contributed by atoms with Gasteiger partial charge in [-0.15, -0.1) is 0 Å². The summed E-state index contributed by atoms with van der Waals surface area (Å²) in [6.07, 6.45) is 0. The highest BCUT2D eigenvalue weighted by Gasteiger charge is 2.09. The van der Waals surface area contributed by atoms with E-state index in [-0.39, 0.29) is 5.91 Å². The zero-order chi connectivity index (χ0) is 15.4. The van der Waals surface area contributed by atoms with E-state index in [1.807, 2.05) is 56.1 Å². The normalized spacial score (nSPS) is 10.9. The van der Waals surface area contributed by atoms with Crippen LogP contribution in [0.25, 0.3) is 0 Å². The van der Waals surface area contributed by atoms with Crippen LogP contribution in [-0.2, 0) is 11.3 Å². The molecule has 112 valence electrons. The number of hydrogen-bond donors (Lipinski definition) is 1. The summed E-state index contributed by atoms with van der Waals surface area (Å²) >= 11 is 0. The number of likely N-dealkylation sites (N-methyl/N-ethyl adjacent to an activating group) is 1. The highest BCUT2D eigenvalue weighted by atomic mass is 16.3. The molecule has 0 aliphatic heterocycles. The smallest absolute Gasteiger partial charge is 0.238 e. The molecule has 2 aromatic rings. The Morgan fingerprint density at radius 2 is 1.90 bits per heavy atom. The maximum atomic E-state index is 12.0. The maximum Gasteiger partial charge on any atom is 0.238 e. The molecule has 0 atom stereocenters. The van der Waals surface area contributed by atoms with Gasteiger partial charge in [-0.25, -0.2) is 0 Å². The lowest BCUT2D eigenvalue weighted by molar-refractivity contribution is -0.117. The molecule has 0 saturated heterocycles. The lowest BCUT2D eigenvalue weighted by Crippen LogP contribution is -2.29. The summed E-state index contributed by atoms with van der Waals surface area (Å²) in [7, 11) is 1.90. The predicted molar refractivity (Wildman–Crippen MR) is 84.3 cm³/mol. The lowest BCUT2D eigenvalue weighted by atomic mass is 10.1. The first-order valence-corrected chi connectivity index (χ1v) is 7.05. The number of anilines is 1. The second kappa shape index (κ2) is 6.59. The molecular formula is C17H22N2O2. The van der Waals surface area contributed by atoms with Crippen LogP contribution in [0.3, 0.4) is 0 Å². The number of furan rings is 1. The number of nitrogens with zero attached hydrogens (tertiary/aromatic N) is 1. The van der Waals surface area contributed by atoms with E-state index in [0.29, 0.717) is 13.1 Å². The molecule has 1 amide bonds. The van der Waals surface area contributed by atoms with Crippen molar-refractivity contribution < 1.29 is 9.21 Å². The topological polar surface area (TPSA) is 45.5 Å². The molecule has 1 aromatic carbocycles. The number of carbonyl (C=O) groups excluding carboxylic acids is 1. The fourth-order valence-electron chi connectivity index (χ4n) is 2.16. The van der Waals surface area contributed by atoms with E-state index in [4.69, 9.17) is 4.42 Å². The zero-order valence-corrected chi connectivity index (χ0v) is 13.1. The summed E-state index contributed by atoms with van der Waals surface area (Å²) in [4.78, 5) is 14.0.